The molecule has 1 aromatic heterocycles. The Morgan fingerprint density at radius 1 is 1.10 bits per heavy atom. The fraction of sp³-hybridized carbons (Fsp3) is 0.333. The fourth-order valence-electron chi connectivity index (χ4n) is 1.91. The molecule has 3 rings (SSSR count). The molecule has 8 heteroatoms. The van der Waals surface area contributed by atoms with Gasteiger partial charge in [0.2, 0.25) is 11.7 Å². The Kier molecular flexibility index (Phi) is 3.30. The monoisotopic (exact) mass is 276 g/mol. The molecular weight excluding hydrogens is 264 g/mol. The van der Waals surface area contributed by atoms with Gasteiger partial charge in [-0.15, -0.1) is 0 Å². The van der Waals surface area contributed by atoms with Gasteiger partial charge in [-0.25, -0.2) is 14.6 Å². The van der Waals surface area contributed by atoms with Gasteiger partial charge in [-0.05, 0) is 0 Å². The van der Waals surface area contributed by atoms with Gasteiger partial charge < -0.3 is 19.7 Å². The minimum atomic E-state index is -0.673. The van der Waals surface area contributed by atoms with Crippen LogP contribution in [0.5, 0.6) is 11.6 Å². The smallest absolute Gasteiger partial charge is 0.337 e. The van der Waals surface area contributed by atoms with Gasteiger partial charge in [0.25, 0.3) is 5.88 Å². The van der Waals surface area contributed by atoms with E-state index in [0.29, 0.717) is 5.95 Å². The lowest BCUT2D eigenvalue weighted by atomic mass is 10.4. The summed E-state index contributed by atoms with van der Waals surface area (Å²) in [6.07, 6.45) is 3.33. The number of esters is 2. The van der Waals surface area contributed by atoms with Gasteiger partial charge in [-0.2, -0.15) is 4.98 Å². The first-order chi connectivity index (χ1) is 9.72. The van der Waals surface area contributed by atoms with E-state index in [1.165, 1.54) is 6.20 Å². The number of anilines is 1. The van der Waals surface area contributed by atoms with Gasteiger partial charge in [0.05, 0.1) is 6.20 Å². The molecule has 3 heterocycles. The Hall–Kier alpha value is -2.48. The first kappa shape index (κ1) is 12.5. The molecule has 0 aromatic carbocycles. The third kappa shape index (κ3) is 2.59. The summed E-state index contributed by atoms with van der Waals surface area (Å²) in [5.74, 6) is -0.907. The summed E-state index contributed by atoms with van der Waals surface area (Å²) < 4.78 is 9.99. The van der Waals surface area contributed by atoms with E-state index in [1.807, 2.05) is 4.90 Å². The largest absolute Gasteiger partial charge is 0.416 e. The summed E-state index contributed by atoms with van der Waals surface area (Å²) in [4.78, 5) is 33.0. The SMILES string of the molecule is O=C1/C=C/C(=O)Oc2nc(N3CCNCC3)ncc2O1. The zero-order valence-corrected chi connectivity index (χ0v) is 10.5. The Bertz CT molecular complexity index is 581. The van der Waals surface area contributed by atoms with E-state index in [4.69, 9.17) is 9.47 Å². The minimum absolute atomic E-state index is 0.0339. The number of carbonyl (C=O) groups excluding carboxylic acids is 2. The van der Waals surface area contributed by atoms with Crippen molar-refractivity contribution < 1.29 is 19.1 Å². The van der Waals surface area contributed by atoms with E-state index in [-0.39, 0.29) is 11.6 Å². The molecule has 0 bridgehead atoms. The van der Waals surface area contributed by atoms with Crippen molar-refractivity contribution in [1.82, 2.24) is 15.3 Å². The molecule has 20 heavy (non-hydrogen) atoms. The molecule has 0 saturated carbocycles. The third-order valence-electron chi connectivity index (χ3n) is 2.87. The molecule has 0 spiro atoms. The van der Waals surface area contributed by atoms with E-state index >= 15 is 0 Å². The third-order valence-corrected chi connectivity index (χ3v) is 2.87. The summed E-state index contributed by atoms with van der Waals surface area (Å²) in [6, 6.07) is 0. The normalized spacial score (nSPS) is 20.3. The van der Waals surface area contributed by atoms with Gasteiger partial charge in [0.15, 0.2) is 0 Å². The number of ether oxygens (including phenoxy) is 2. The van der Waals surface area contributed by atoms with Crippen LogP contribution >= 0.6 is 0 Å². The van der Waals surface area contributed by atoms with E-state index in [2.05, 4.69) is 15.3 Å². The van der Waals surface area contributed by atoms with Crippen LogP contribution in [0.15, 0.2) is 18.3 Å². The number of piperazine rings is 1. The zero-order valence-electron chi connectivity index (χ0n) is 10.5. The standard InChI is InChI=1S/C12H12N4O4/c17-9-1-2-10(18)20-11-8(19-9)7-14-12(15-11)16-5-3-13-4-6-16/h1-2,7,13H,3-6H2/b2-1+. The van der Waals surface area contributed by atoms with Crippen LogP contribution in [0, 0.1) is 0 Å². The predicted octanol–water partition coefficient (Wildman–Crippen LogP) is -0.733. The maximum Gasteiger partial charge on any atom is 0.337 e. The number of aromatic nitrogens is 2. The van der Waals surface area contributed by atoms with Crippen molar-refractivity contribution >= 4 is 17.9 Å². The minimum Gasteiger partial charge on any atom is -0.416 e. The lowest BCUT2D eigenvalue weighted by molar-refractivity contribution is -0.133. The quantitative estimate of drug-likeness (QED) is 0.671. The number of carbonyl (C=O) groups is 2. The number of rotatable bonds is 1. The van der Waals surface area contributed by atoms with Crippen LogP contribution in [-0.4, -0.2) is 48.1 Å². The predicted molar refractivity (Wildman–Crippen MR) is 67.5 cm³/mol. The first-order valence-corrected chi connectivity index (χ1v) is 6.17. The van der Waals surface area contributed by atoms with Crippen LogP contribution in [0.1, 0.15) is 0 Å². The molecule has 104 valence electrons. The molecule has 2 aliphatic heterocycles. The molecule has 1 fully saturated rings. The van der Waals surface area contributed by atoms with Crippen molar-refractivity contribution in [3.05, 3.63) is 18.3 Å². The molecule has 0 amide bonds. The van der Waals surface area contributed by atoms with Crippen LogP contribution in [0.3, 0.4) is 0 Å². The van der Waals surface area contributed by atoms with Crippen LogP contribution in [0.4, 0.5) is 5.95 Å². The van der Waals surface area contributed by atoms with Crippen molar-refractivity contribution in [2.24, 2.45) is 0 Å². The van der Waals surface area contributed by atoms with E-state index in [9.17, 15) is 9.59 Å². The van der Waals surface area contributed by atoms with E-state index in [0.717, 1.165) is 38.3 Å². The van der Waals surface area contributed by atoms with Gasteiger partial charge in [0.1, 0.15) is 0 Å². The average molecular weight is 276 g/mol. The van der Waals surface area contributed by atoms with E-state index in [1.54, 1.807) is 0 Å². The molecule has 1 N–H and O–H groups in total. The van der Waals surface area contributed by atoms with Crippen LogP contribution < -0.4 is 19.7 Å². The highest BCUT2D eigenvalue weighted by Gasteiger charge is 2.21. The molecule has 0 radical (unpaired) electrons. The van der Waals surface area contributed by atoms with Crippen molar-refractivity contribution in [3.63, 3.8) is 0 Å². The maximum atomic E-state index is 11.4. The average Bonchev–Trinajstić information content (AvgIpc) is 2.46. The van der Waals surface area contributed by atoms with Crippen LogP contribution in [-0.2, 0) is 9.59 Å². The van der Waals surface area contributed by atoms with Crippen molar-refractivity contribution in [2.75, 3.05) is 31.1 Å². The van der Waals surface area contributed by atoms with Crippen LogP contribution in [0.2, 0.25) is 0 Å². The highest BCUT2D eigenvalue weighted by molar-refractivity contribution is 5.94. The van der Waals surface area contributed by atoms with Gasteiger partial charge in [-0.3, -0.25) is 0 Å². The summed E-state index contributed by atoms with van der Waals surface area (Å²) >= 11 is 0. The van der Waals surface area contributed by atoms with Crippen molar-refractivity contribution in [3.8, 4) is 11.6 Å². The number of nitrogens with zero attached hydrogens (tertiary/aromatic N) is 3. The molecular formula is C12H12N4O4. The molecule has 0 unspecified atom stereocenters. The second kappa shape index (κ2) is 5.25. The highest BCUT2D eigenvalue weighted by Crippen LogP contribution is 2.27. The van der Waals surface area contributed by atoms with Gasteiger partial charge >= 0.3 is 11.9 Å². The lowest BCUT2D eigenvalue weighted by Gasteiger charge is -2.27. The summed E-state index contributed by atoms with van der Waals surface area (Å²) in [7, 11) is 0. The van der Waals surface area contributed by atoms with Crippen molar-refractivity contribution in [1.29, 1.82) is 0 Å². The Morgan fingerprint density at radius 3 is 2.55 bits per heavy atom. The van der Waals surface area contributed by atoms with Gasteiger partial charge in [-0.1, -0.05) is 0 Å². The fourth-order valence-corrected chi connectivity index (χ4v) is 1.91. The second-order valence-electron chi connectivity index (χ2n) is 4.25. The lowest BCUT2D eigenvalue weighted by Crippen LogP contribution is -2.44. The molecule has 8 nitrogen and oxygen atoms in total. The zero-order chi connectivity index (χ0) is 13.9. The molecule has 1 aromatic rings. The Morgan fingerprint density at radius 2 is 1.80 bits per heavy atom. The second-order valence-corrected chi connectivity index (χ2v) is 4.25. The summed E-state index contributed by atoms with van der Waals surface area (Å²) in [5.41, 5.74) is 0. The Labute approximate surface area is 114 Å². The number of hydrogen-bond donors (Lipinski definition) is 1. The molecule has 0 atom stereocenters. The first-order valence-electron chi connectivity index (χ1n) is 6.17. The number of nitrogens with one attached hydrogen (secondary N) is 1. The highest BCUT2D eigenvalue weighted by atomic mass is 16.6. The summed E-state index contributed by atoms with van der Waals surface area (Å²) in [5, 5.41) is 3.22. The van der Waals surface area contributed by atoms with E-state index < -0.39 is 11.9 Å². The summed E-state index contributed by atoms with van der Waals surface area (Å²) in [6.45, 7) is 3.18. The number of hydrogen-bond acceptors (Lipinski definition) is 8. The van der Waals surface area contributed by atoms with Crippen LogP contribution in [0.25, 0.3) is 0 Å². The topological polar surface area (TPSA) is 93.7 Å². The molecule has 2 aliphatic rings. The number of fused-ring (bicyclic) bond motifs is 1. The van der Waals surface area contributed by atoms with Crippen molar-refractivity contribution in [2.45, 2.75) is 0 Å². The maximum absolute atomic E-state index is 11.4. The van der Waals surface area contributed by atoms with Gasteiger partial charge in [0, 0.05) is 38.3 Å². The molecule has 1 saturated heterocycles. The molecule has 0 aliphatic carbocycles. The Balaban J connectivity index is 1.91.